The van der Waals surface area contributed by atoms with Crippen LogP contribution in [0.15, 0.2) is 24.3 Å². The van der Waals surface area contributed by atoms with Crippen molar-refractivity contribution in [1.82, 2.24) is 10.2 Å². The van der Waals surface area contributed by atoms with Crippen molar-refractivity contribution in [3.05, 3.63) is 29.3 Å². The van der Waals surface area contributed by atoms with Gasteiger partial charge in [-0.1, -0.05) is 17.7 Å². The van der Waals surface area contributed by atoms with Gasteiger partial charge in [0.1, 0.15) is 0 Å². The monoisotopic (exact) mass is 309 g/mol. The van der Waals surface area contributed by atoms with Gasteiger partial charge >= 0.3 is 0 Å². The Kier molecular flexibility index (Phi) is 6.49. The molecule has 2 rings (SSSR count). The van der Waals surface area contributed by atoms with Crippen LogP contribution in [0.25, 0.3) is 0 Å². The largest absolute Gasteiger partial charge is 0.326 e. The van der Waals surface area contributed by atoms with E-state index < -0.39 is 0 Å². The minimum atomic E-state index is 0.0491. The Bertz CT molecular complexity index is 465. The molecule has 0 spiro atoms. The van der Waals surface area contributed by atoms with E-state index in [2.05, 4.69) is 15.5 Å². The fourth-order valence-corrected chi connectivity index (χ4v) is 3.05. The van der Waals surface area contributed by atoms with Gasteiger partial charge in [0.15, 0.2) is 0 Å². The van der Waals surface area contributed by atoms with Crippen molar-refractivity contribution in [2.75, 3.05) is 38.5 Å². The molecule has 1 atom stereocenters. The Balaban J connectivity index is 1.73. The third-order valence-electron chi connectivity index (χ3n) is 3.86. The fraction of sp³-hybridized carbons (Fsp3) is 0.562. The lowest BCUT2D eigenvalue weighted by molar-refractivity contribution is -0.116. The number of halogens is 1. The third kappa shape index (κ3) is 5.65. The standard InChI is InChI=1S/C16H24ClN3O/c1-18-11-13-4-3-8-20(12-13)9-7-16(21)19-15-6-2-5-14(17)10-15/h2,5-6,10,13,18H,3-4,7-9,11-12H2,1H3,(H,19,21). The van der Waals surface area contributed by atoms with Gasteiger partial charge in [-0.25, -0.2) is 0 Å². The molecule has 0 bridgehead atoms. The van der Waals surface area contributed by atoms with Crippen LogP contribution in [0, 0.1) is 5.92 Å². The average Bonchev–Trinajstić information content (AvgIpc) is 2.46. The van der Waals surface area contributed by atoms with Crippen LogP contribution in [0.4, 0.5) is 5.69 Å². The number of piperidine rings is 1. The summed E-state index contributed by atoms with van der Waals surface area (Å²) in [7, 11) is 2.00. The highest BCUT2D eigenvalue weighted by Crippen LogP contribution is 2.17. The molecule has 1 aliphatic rings. The van der Waals surface area contributed by atoms with E-state index in [4.69, 9.17) is 11.6 Å². The van der Waals surface area contributed by atoms with E-state index in [9.17, 15) is 4.79 Å². The molecule has 21 heavy (non-hydrogen) atoms. The van der Waals surface area contributed by atoms with Crippen LogP contribution in [0.3, 0.4) is 0 Å². The molecule has 0 aliphatic carbocycles. The summed E-state index contributed by atoms with van der Waals surface area (Å²) in [5, 5.41) is 6.78. The van der Waals surface area contributed by atoms with Gasteiger partial charge in [-0.05, 0) is 57.1 Å². The highest BCUT2D eigenvalue weighted by atomic mass is 35.5. The summed E-state index contributed by atoms with van der Waals surface area (Å²) in [6, 6.07) is 7.26. The zero-order valence-corrected chi connectivity index (χ0v) is 13.3. The lowest BCUT2D eigenvalue weighted by Gasteiger charge is -2.32. The van der Waals surface area contributed by atoms with E-state index in [1.165, 1.54) is 12.8 Å². The number of rotatable bonds is 6. The molecule has 4 nitrogen and oxygen atoms in total. The summed E-state index contributed by atoms with van der Waals surface area (Å²) >= 11 is 5.91. The third-order valence-corrected chi connectivity index (χ3v) is 4.09. The summed E-state index contributed by atoms with van der Waals surface area (Å²) < 4.78 is 0. The number of benzene rings is 1. The number of likely N-dealkylation sites (tertiary alicyclic amines) is 1. The van der Waals surface area contributed by atoms with E-state index in [1.807, 2.05) is 19.2 Å². The number of nitrogens with zero attached hydrogens (tertiary/aromatic N) is 1. The Morgan fingerprint density at radius 2 is 2.33 bits per heavy atom. The highest BCUT2D eigenvalue weighted by molar-refractivity contribution is 6.30. The fourth-order valence-electron chi connectivity index (χ4n) is 2.86. The molecule has 1 aromatic carbocycles. The van der Waals surface area contributed by atoms with E-state index in [-0.39, 0.29) is 5.91 Å². The lowest BCUT2D eigenvalue weighted by atomic mass is 9.98. The first-order valence-electron chi connectivity index (χ1n) is 7.60. The summed E-state index contributed by atoms with van der Waals surface area (Å²) in [6.07, 6.45) is 3.03. The second kappa shape index (κ2) is 8.37. The molecule has 0 radical (unpaired) electrons. The van der Waals surface area contributed by atoms with Gasteiger partial charge in [-0.2, -0.15) is 0 Å². The van der Waals surface area contributed by atoms with Crippen LogP contribution >= 0.6 is 11.6 Å². The Hall–Kier alpha value is -1.10. The zero-order valence-electron chi connectivity index (χ0n) is 12.6. The summed E-state index contributed by atoms with van der Waals surface area (Å²) in [6.45, 7) is 4.08. The molecule has 1 unspecified atom stereocenters. The summed E-state index contributed by atoms with van der Waals surface area (Å²) in [4.78, 5) is 14.4. The smallest absolute Gasteiger partial charge is 0.225 e. The summed E-state index contributed by atoms with van der Waals surface area (Å²) in [5.41, 5.74) is 0.763. The van der Waals surface area contributed by atoms with Crippen LogP contribution in [0.1, 0.15) is 19.3 Å². The van der Waals surface area contributed by atoms with Crippen molar-refractivity contribution in [3.8, 4) is 0 Å². The molecule has 1 heterocycles. The van der Waals surface area contributed by atoms with Crippen molar-refractivity contribution in [2.45, 2.75) is 19.3 Å². The Morgan fingerprint density at radius 3 is 3.10 bits per heavy atom. The molecule has 1 aliphatic heterocycles. The number of carbonyl (C=O) groups excluding carboxylic acids is 1. The second-order valence-electron chi connectivity index (χ2n) is 5.68. The lowest BCUT2D eigenvalue weighted by Crippen LogP contribution is -2.40. The van der Waals surface area contributed by atoms with Crippen LogP contribution in [0.5, 0.6) is 0 Å². The molecule has 0 aromatic heterocycles. The normalized spacial score (nSPS) is 19.4. The SMILES string of the molecule is CNCC1CCCN(CCC(=O)Nc2cccc(Cl)c2)C1. The van der Waals surface area contributed by atoms with Crippen LogP contribution in [-0.2, 0) is 4.79 Å². The Morgan fingerprint density at radius 1 is 1.48 bits per heavy atom. The van der Waals surface area contributed by atoms with E-state index in [1.54, 1.807) is 12.1 Å². The molecule has 2 N–H and O–H groups in total. The van der Waals surface area contributed by atoms with E-state index >= 15 is 0 Å². The minimum Gasteiger partial charge on any atom is -0.326 e. The van der Waals surface area contributed by atoms with Crippen molar-refractivity contribution in [1.29, 1.82) is 0 Å². The second-order valence-corrected chi connectivity index (χ2v) is 6.11. The summed E-state index contributed by atoms with van der Waals surface area (Å²) in [5.74, 6) is 0.757. The van der Waals surface area contributed by atoms with Gasteiger partial charge in [0.25, 0.3) is 0 Å². The average molecular weight is 310 g/mol. The zero-order chi connectivity index (χ0) is 15.1. The van der Waals surface area contributed by atoms with Gasteiger partial charge in [0.05, 0.1) is 0 Å². The highest BCUT2D eigenvalue weighted by Gasteiger charge is 2.19. The maximum atomic E-state index is 12.0. The molecule has 116 valence electrons. The minimum absolute atomic E-state index is 0.0491. The van der Waals surface area contributed by atoms with Crippen LogP contribution in [0.2, 0.25) is 5.02 Å². The number of carbonyl (C=O) groups is 1. The van der Waals surface area contributed by atoms with Gasteiger partial charge in [0.2, 0.25) is 5.91 Å². The van der Waals surface area contributed by atoms with Gasteiger partial charge in [-0.3, -0.25) is 4.79 Å². The first-order chi connectivity index (χ1) is 10.2. The van der Waals surface area contributed by atoms with Crippen molar-refractivity contribution in [2.24, 2.45) is 5.92 Å². The van der Waals surface area contributed by atoms with E-state index in [0.717, 1.165) is 31.9 Å². The first-order valence-corrected chi connectivity index (χ1v) is 7.97. The maximum Gasteiger partial charge on any atom is 0.225 e. The van der Waals surface area contributed by atoms with Gasteiger partial charge in [0, 0.05) is 30.2 Å². The number of amides is 1. The van der Waals surface area contributed by atoms with Crippen molar-refractivity contribution in [3.63, 3.8) is 0 Å². The predicted molar refractivity (Wildman–Crippen MR) is 87.8 cm³/mol. The Labute approximate surface area is 131 Å². The van der Waals surface area contributed by atoms with Gasteiger partial charge in [-0.15, -0.1) is 0 Å². The predicted octanol–water partition coefficient (Wildman–Crippen LogP) is 2.60. The number of anilines is 1. The molecular formula is C16H24ClN3O. The van der Waals surface area contributed by atoms with Crippen molar-refractivity contribution >= 4 is 23.2 Å². The maximum absolute atomic E-state index is 12.0. The molecule has 1 amide bonds. The number of hydrogen-bond acceptors (Lipinski definition) is 3. The van der Waals surface area contributed by atoms with Crippen LogP contribution in [-0.4, -0.2) is 44.0 Å². The topological polar surface area (TPSA) is 44.4 Å². The number of hydrogen-bond donors (Lipinski definition) is 2. The van der Waals surface area contributed by atoms with E-state index in [0.29, 0.717) is 17.4 Å². The molecular weight excluding hydrogens is 286 g/mol. The number of nitrogens with one attached hydrogen (secondary N) is 2. The first kappa shape index (κ1) is 16.3. The molecule has 1 aromatic rings. The van der Waals surface area contributed by atoms with Crippen molar-refractivity contribution < 1.29 is 4.79 Å². The van der Waals surface area contributed by atoms with Crippen LogP contribution < -0.4 is 10.6 Å². The molecule has 5 heteroatoms. The molecule has 1 fully saturated rings. The quantitative estimate of drug-likeness (QED) is 0.849. The molecule has 0 saturated carbocycles. The van der Waals surface area contributed by atoms with Gasteiger partial charge < -0.3 is 15.5 Å². The molecule has 1 saturated heterocycles.